The molecule has 0 unspecified atom stereocenters. The molecule has 150 valence electrons. The Balaban J connectivity index is 5.65. The molecule has 6 heteroatoms. The normalized spacial score (nSPS) is 12.9. The summed E-state index contributed by atoms with van der Waals surface area (Å²) in [5.41, 5.74) is -2.95. The summed E-state index contributed by atoms with van der Waals surface area (Å²) < 4.78 is 10.0. The number of hydrogen-bond donors (Lipinski definition) is 0. The molecule has 0 amide bonds. The van der Waals surface area contributed by atoms with Crippen molar-refractivity contribution in [2.75, 3.05) is 0 Å². The Morgan fingerprint density at radius 1 is 0.654 bits per heavy atom. The van der Waals surface area contributed by atoms with Gasteiger partial charge in [0.05, 0.1) is 22.7 Å². The maximum Gasteiger partial charge on any atom is 0.320 e. The molecule has 0 saturated carbocycles. The molecule has 0 spiro atoms. The third-order valence-electron chi connectivity index (χ3n) is 4.49. The Morgan fingerprint density at radius 2 is 1.00 bits per heavy atom. The molecule has 0 aromatic rings. The molecule has 0 radical (unpaired) electrons. The van der Waals surface area contributed by atoms with Gasteiger partial charge in [0.1, 0.15) is 0 Å². The number of ether oxygens (including phenoxy) is 2. The molecule has 0 fully saturated rings. The van der Waals surface area contributed by atoms with Gasteiger partial charge in [0, 0.05) is 0 Å². The van der Waals surface area contributed by atoms with Crippen molar-refractivity contribution < 1.29 is 28.7 Å². The van der Waals surface area contributed by atoms with Crippen molar-refractivity contribution in [2.45, 2.75) is 75.7 Å². The zero-order valence-corrected chi connectivity index (χ0v) is 17.8. The first-order valence-corrected chi connectivity index (χ1v) is 8.98. The second-order valence-corrected chi connectivity index (χ2v) is 9.47. The molecule has 0 bridgehead atoms. The lowest BCUT2D eigenvalue weighted by molar-refractivity contribution is -0.183. The number of hydrogen-bond acceptors (Lipinski definition) is 6. The Hall–Kier alpha value is -1.72. The monoisotopic (exact) mass is 370 g/mol. The van der Waals surface area contributed by atoms with Gasteiger partial charge in [-0.3, -0.25) is 19.2 Å². The molecule has 0 N–H and O–H groups in total. The smallest absolute Gasteiger partial charge is 0.320 e. The second-order valence-electron chi connectivity index (χ2n) is 9.47. The van der Waals surface area contributed by atoms with Crippen LogP contribution in [-0.4, -0.2) is 23.9 Å². The molecule has 0 atom stereocenters. The van der Waals surface area contributed by atoms with E-state index in [0.717, 1.165) is 0 Å². The fourth-order valence-electron chi connectivity index (χ4n) is 2.48. The average Bonchev–Trinajstić information content (AvgIpc) is 2.41. The van der Waals surface area contributed by atoms with Crippen molar-refractivity contribution in [2.24, 2.45) is 28.1 Å². The van der Waals surface area contributed by atoms with E-state index < -0.39 is 40.1 Å². The van der Waals surface area contributed by atoms with E-state index in [9.17, 15) is 19.2 Å². The third kappa shape index (κ3) is 5.92. The first-order chi connectivity index (χ1) is 11.5. The van der Waals surface area contributed by atoms with E-state index in [4.69, 9.17) is 9.47 Å². The third-order valence-corrected chi connectivity index (χ3v) is 4.49. The van der Waals surface area contributed by atoms with Crippen LogP contribution in [0.2, 0.25) is 0 Å². The van der Waals surface area contributed by atoms with Crippen LogP contribution in [0.1, 0.15) is 75.7 Å². The summed E-state index contributed by atoms with van der Waals surface area (Å²) in [6.07, 6.45) is -0.333. The van der Waals surface area contributed by atoms with Crippen LogP contribution in [0, 0.1) is 28.1 Å². The number of carbonyl (C=O) groups is 4. The zero-order valence-electron chi connectivity index (χ0n) is 17.8. The molecular formula is C20H34O6. The van der Waals surface area contributed by atoms with E-state index in [-0.39, 0.29) is 18.3 Å². The van der Waals surface area contributed by atoms with Crippen LogP contribution in [0.3, 0.4) is 0 Å². The average molecular weight is 370 g/mol. The van der Waals surface area contributed by atoms with Crippen LogP contribution in [0.25, 0.3) is 0 Å². The summed E-state index contributed by atoms with van der Waals surface area (Å²) in [5, 5.41) is 0. The van der Waals surface area contributed by atoms with Crippen molar-refractivity contribution in [3.8, 4) is 0 Å². The van der Waals surface area contributed by atoms with Gasteiger partial charge in [-0.25, -0.2) is 0 Å². The Bertz CT molecular complexity index is 550. The summed E-state index contributed by atoms with van der Waals surface area (Å²) >= 11 is 0. The minimum atomic E-state index is -1.27. The summed E-state index contributed by atoms with van der Waals surface area (Å²) in [6, 6.07) is 0. The lowest BCUT2D eigenvalue weighted by Gasteiger charge is -2.38. The quantitative estimate of drug-likeness (QED) is 0.539. The lowest BCUT2D eigenvalue weighted by atomic mass is 9.66. The Kier molecular flexibility index (Phi) is 7.76. The highest BCUT2D eigenvalue weighted by molar-refractivity contribution is 5.95. The maximum absolute atomic E-state index is 12.9. The molecule has 0 rings (SSSR count). The first kappa shape index (κ1) is 24.3. The number of esters is 4. The largest absolute Gasteiger partial charge is 0.393 e. The minimum absolute atomic E-state index is 0.306. The van der Waals surface area contributed by atoms with Crippen LogP contribution in [0.4, 0.5) is 0 Å². The van der Waals surface area contributed by atoms with E-state index in [2.05, 4.69) is 0 Å². The molecule has 26 heavy (non-hydrogen) atoms. The van der Waals surface area contributed by atoms with Crippen molar-refractivity contribution in [3.05, 3.63) is 0 Å². The highest BCUT2D eigenvalue weighted by atomic mass is 16.6. The molecule has 6 nitrogen and oxygen atoms in total. The Morgan fingerprint density at radius 3 is 1.31 bits per heavy atom. The predicted molar refractivity (Wildman–Crippen MR) is 97.8 cm³/mol. The number of carbonyl (C=O) groups excluding carboxylic acids is 4. The fourth-order valence-corrected chi connectivity index (χ4v) is 2.48. The van der Waals surface area contributed by atoms with Crippen LogP contribution in [-0.2, 0) is 28.7 Å². The van der Waals surface area contributed by atoms with Crippen molar-refractivity contribution in [1.29, 1.82) is 0 Å². The summed E-state index contributed by atoms with van der Waals surface area (Å²) in [5.74, 6) is -3.49. The molecule has 0 saturated heterocycles. The topological polar surface area (TPSA) is 86.7 Å². The van der Waals surface area contributed by atoms with Gasteiger partial charge in [-0.2, -0.15) is 0 Å². The second kappa shape index (κ2) is 8.31. The van der Waals surface area contributed by atoms with Gasteiger partial charge in [-0.05, 0) is 53.4 Å². The van der Waals surface area contributed by atoms with Crippen molar-refractivity contribution in [3.63, 3.8) is 0 Å². The standard InChI is InChI=1S/C20H34O6/c1-12(2)20(13(3)4,17(24)26-16(23)19(8,9)10)11-14(21)25-15(22)18(5,6)7/h12-13H,11H2,1-10H3. The minimum Gasteiger partial charge on any atom is -0.393 e. The van der Waals surface area contributed by atoms with Gasteiger partial charge in [0.25, 0.3) is 0 Å². The van der Waals surface area contributed by atoms with E-state index in [1.165, 1.54) is 0 Å². The van der Waals surface area contributed by atoms with E-state index in [1.54, 1.807) is 69.2 Å². The molecule has 0 aromatic heterocycles. The van der Waals surface area contributed by atoms with E-state index in [1.807, 2.05) is 0 Å². The van der Waals surface area contributed by atoms with Gasteiger partial charge in [-0.15, -0.1) is 0 Å². The van der Waals surface area contributed by atoms with Gasteiger partial charge in [0.15, 0.2) is 0 Å². The van der Waals surface area contributed by atoms with Crippen LogP contribution >= 0.6 is 0 Å². The van der Waals surface area contributed by atoms with Gasteiger partial charge in [0.2, 0.25) is 0 Å². The van der Waals surface area contributed by atoms with Crippen molar-refractivity contribution in [1.82, 2.24) is 0 Å². The van der Waals surface area contributed by atoms with Crippen LogP contribution < -0.4 is 0 Å². The van der Waals surface area contributed by atoms with Gasteiger partial charge < -0.3 is 9.47 Å². The first-order valence-electron chi connectivity index (χ1n) is 8.98. The molecule has 0 heterocycles. The molecule has 0 aliphatic carbocycles. The summed E-state index contributed by atoms with van der Waals surface area (Å²) in [4.78, 5) is 49.4. The fraction of sp³-hybridized carbons (Fsp3) is 0.800. The van der Waals surface area contributed by atoms with E-state index in [0.29, 0.717) is 0 Å². The molecular weight excluding hydrogens is 336 g/mol. The van der Waals surface area contributed by atoms with Gasteiger partial charge in [-0.1, -0.05) is 27.7 Å². The zero-order chi connectivity index (χ0) is 21.1. The van der Waals surface area contributed by atoms with Crippen molar-refractivity contribution >= 4 is 23.9 Å². The summed E-state index contributed by atoms with van der Waals surface area (Å²) in [7, 11) is 0. The van der Waals surface area contributed by atoms with Gasteiger partial charge >= 0.3 is 23.9 Å². The molecule has 0 aromatic carbocycles. The predicted octanol–water partition coefficient (Wildman–Crippen LogP) is 3.91. The SMILES string of the molecule is CC(C)C(CC(=O)OC(=O)C(C)(C)C)(C(=O)OC(=O)C(C)(C)C)C(C)C. The highest BCUT2D eigenvalue weighted by Gasteiger charge is 2.50. The van der Waals surface area contributed by atoms with E-state index >= 15 is 0 Å². The highest BCUT2D eigenvalue weighted by Crippen LogP contribution is 2.41. The Labute approximate surface area is 157 Å². The van der Waals surface area contributed by atoms with Crippen LogP contribution in [0.5, 0.6) is 0 Å². The lowest BCUT2D eigenvalue weighted by Crippen LogP contribution is -2.46. The van der Waals surface area contributed by atoms with Crippen LogP contribution in [0.15, 0.2) is 0 Å². The maximum atomic E-state index is 12.9. The molecule has 0 aliphatic heterocycles. The number of rotatable bonds is 5. The summed E-state index contributed by atoms with van der Waals surface area (Å²) in [6.45, 7) is 17.0. The molecule has 0 aliphatic rings.